The molecular weight excluding hydrogens is 214 g/mol. The summed E-state index contributed by atoms with van der Waals surface area (Å²) < 4.78 is 5.77. The summed E-state index contributed by atoms with van der Waals surface area (Å²) in [7, 11) is 0. The quantitative estimate of drug-likeness (QED) is 0.871. The first-order chi connectivity index (χ1) is 8.42. The zero-order valence-corrected chi connectivity index (χ0v) is 9.60. The average Bonchev–Trinajstić information content (AvgIpc) is 2.89. The molecule has 0 radical (unpaired) electrons. The fraction of sp³-hybridized carbons (Fsp3) is 0.385. The van der Waals surface area contributed by atoms with Crippen LogP contribution in [0.1, 0.15) is 12.8 Å². The summed E-state index contributed by atoms with van der Waals surface area (Å²) in [6.45, 7) is 1.84. The van der Waals surface area contributed by atoms with E-state index in [-0.39, 0.29) is 0 Å². The van der Waals surface area contributed by atoms with Gasteiger partial charge in [0.25, 0.3) is 0 Å². The highest BCUT2D eigenvalue weighted by Crippen LogP contribution is 2.18. The Morgan fingerprint density at radius 3 is 2.94 bits per heavy atom. The summed E-state index contributed by atoms with van der Waals surface area (Å²) in [5.74, 6) is 0.867. The Bertz CT molecular complexity index is 509. The van der Waals surface area contributed by atoms with Crippen LogP contribution in [-0.2, 0) is 0 Å². The minimum absolute atomic E-state index is 0.493. The van der Waals surface area contributed by atoms with Gasteiger partial charge in [-0.3, -0.25) is 9.97 Å². The zero-order valence-electron chi connectivity index (χ0n) is 9.60. The summed E-state index contributed by atoms with van der Waals surface area (Å²) in [4.78, 5) is 8.49. The molecule has 0 aliphatic carbocycles. The molecule has 0 bridgehead atoms. The molecule has 2 aromatic rings. The topological polar surface area (TPSA) is 47.0 Å². The van der Waals surface area contributed by atoms with Crippen LogP contribution in [0.2, 0.25) is 0 Å². The molecule has 0 saturated carbocycles. The highest BCUT2D eigenvalue weighted by molar-refractivity contribution is 5.75. The molecule has 1 unspecified atom stereocenters. The standard InChI is InChI=1S/C13H15N3O/c1-2-10(14-5-1)9-17-11-3-4-12-13(8-11)16-7-6-15-12/h3-4,6-8,10,14H,1-2,5,9H2. The molecule has 1 aromatic heterocycles. The van der Waals surface area contributed by atoms with Gasteiger partial charge in [-0.2, -0.15) is 0 Å². The van der Waals surface area contributed by atoms with E-state index >= 15 is 0 Å². The molecule has 2 heterocycles. The van der Waals surface area contributed by atoms with Crippen LogP contribution in [0.15, 0.2) is 30.6 Å². The summed E-state index contributed by atoms with van der Waals surface area (Å²) in [6.07, 6.45) is 5.85. The van der Waals surface area contributed by atoms with Crippen LogP contribution in [0.5, 0.6) is 5.75 Å². The number of rotatable bonds is 3. The third kappa shape index (κ3) is 2.36. The maximum atomic E-state index is 5.77. The molecule has 1 saturated heterocycles. The predicted molar refractivity (Wildman–Crippen MR) is 66.1 cm³/mol. The van der Waals surface area contributed by atoms with E-state index in [9.17, 15) is 0 Å². The zero-order chi connectivity index (χ0) is 11.5. The monoisotopic (exact) mass is 229 g/mol. The number of nitrogens with one attached hydrogen (secondary N) is 1. The summed E-state index contributed by atoms with van der Waals surface area (Å²) >= 11 is 0. The molecule has 1 N–H and O–H groups in total. The predicted octanol–water partition coefficient (Wildman–Crippen LogP) is 1.76. The Kier molecular flexibility index (Phi) is 2.88. The smallest absolute Gasteiger partial charge is 0.121 e. The Hall–Kier alpha value is -1.68. The first-order valence-electron chi connectivity index (χ1n) is 5.99. The molecule has 1 aliphatic rings. The number of hydrogen-bond acceptors (Lipinski definition) is 4. The van der Waals surface area contributed by atoms with Crippen LogP contribution < -0.4 is 10.1 Å². The first kappa shape index (κ1) is 10.5. The summed E-state index contributed by atoms with van der Waals surface area (Å²) in [6, 6.07) is 6.33. The van der Waals surface area contributed by atoms with Gasteiger partial charge in [0.2, 0.25) is 0 Å². The lowest BCUT2D eigenvalue weighted by Gasteiger charge is -2.12. The van der Waals surface area contributed by atoms with Gasteiger partial charge in [-0.1, -0.05) is 0 Å². The summed E-state index contributed by atoms with van der Waals surface area (Å²) in [5, 5.41) is 3.41. The van der Waals surface area contributed by atoms with Crippen LogP contribution in [0.25, 0.3) is 11.0 Å². The van der Waals surface area contributed by atoms with Gasteiger partial charge >= 0.3 is 0 Å². The number of fused-ring (bicyclic) bond motifs is 1. The Balaban J connectivity index is 1.72. The second kappa shape index (κ2) is 4.67. The van der Waals surface area contributed by atoms with Crippen LogP contribution in [0.3, 0.4) is 0 Å². The lowest BCUT2D eigenvalue weighted by atomic mass is 10.2. The van der Waals surface area contributed by atoms with Crippen molar-refractivity contribution in [3.05, 3.63) is 30.6 Å². The van der Waals surface area contributed by atoms with Crippen molar-refractivity contribution in [1.29, 1.82) is 0 Å². The normalized spacial score (nSPS) is 19.6. The average molecular weight is 229 g/mol. The number of aromatic nitrogens is 2. The Labute approximate surface area is 100 Å². The third-order valence-electron chi connectivity index (χ3n) is 3.05. The van der Waals surface area contributed by atoms with Crippen molar-refractivity contribution in [1.82, 2.24) is 15.3 Å². The van der Waals surface area contributed by atoms with E-state index in [0.29, 0.717) is 6.04 Å². The number of nitrogens with zero attached hydrogens (tertiary/aromatic N) is 2. The molecule has 0 spiro atoms. The fourth-order valence-electron chi connectivity index (χ4n) is 2.13. The van der Waals surface area contributed by atoms with Crippen molar-refractivity contribution >= 4 is 11.0 Å². The van der Waals surface area contributed by atoms with Crippen molar-refractivity contribution in [2.45, 2.75) is 18.9 Å². The van der Waals surface area contributed by atoms with Crippen molar-refractivity contribution < 1.29 is 4.74 Å². The van der Waals surface area contributed by atoms with Crippen LogP contribution in [0, 0.1) is 0 Å². The maximum Gasteiger partial charge on any atom is 0.121 e. The minimum atomic E-state index is 0.493. The van der Waals surface area contributed by atoms with E-state index < -0.39 is 0 Å². The molecule has 4 nitrogen and oxygen atoms in total. The third-order valence-corrected chi connectivity index (χ3v) is 3.05. The minimum Gasteiger partial charge on any atom is -0.492 e. The van der Waals surface area contributed by atoms with E-state index in [1.165, 1.54) is 12.8 Å². The van der Waals surface area contributed by atoms with Gasteiger partial charge in [0.1, 0.15) is 12.4 Å². The van der Waals surface area contributed by atoms with Gasteiger partial charge < -0.3 is 10.1 Å². The molecule has 17 heavy (non-hydrogen) atoms. The first-order valence-corrected chi connectivity index (χ1v) is 5.99. The molecule has 4 heteroatoms. The van der Waals surface area contributed by atoms with Gasteiger partial charge in [-0.05, 0) is 31.5 Å². The van der Waals surface area contributed by atoms with E-state index in [4.69, 9.17) is 4.74 Å². The second-order valence-electron chi connectivity index (χ2n) is 4.31. The van der Waals surface area contributed by atoms with Crippen LogP contribution in [-0.4, -0.2) is 29.2 Å². The van der Waals surface area contributed by atoms with E-state index in [0.717, 1.165) is 29.9 Å². The van der Waals surface area contributed by atoms with E-state index in [1.807, 2.05) is 18.2 Å². The molecule has 1 fully saturated rings. The molecular formula is C13H15N3O. The van der Waals surface area contributed by atoms with Gasteiger partial charge in [0, 0.05) is 24.5 Å². The molecule has 1 aromatic carbocycles. The molecule has 1 aliphatic heterocycles. The second-order valence-corrected chi connectivity index (χ2v) is 4.31. The van der Waals surface area contributed by atoms with E-state index in [1.54, 1.807) is 12.4 Å². The van der Waals surface area contributed by atoms with Gasteiger partial charge in [-0.15, -0.1) is 0 Å². The van der Waals surface area contributed by atoms with Crippen molar-refractivity contribution in [3.8, 4) is 5.75 Å². The number of ether oxygens (including phenoxy) is 1. The number of benzene rings is 1. The Morgan fingerprint density at radius 1 is 1.24 bits per heavy atom. The van der Waals surface area contributed by atoms with Crippen molar-refractivity contribution in [2.75, 3.05) is 13.2 Å². The lowest BCUT2D eigenvalue weighted by Crippen LogP contribution is -2.28. The SMILES string of the molecule is c1cnc2cc(OCC3CCCN3)ccc2n1. The summed E-state index contributed by atoms with van der Waals surface area (Å²) in [5.41, 5.74) is 1.78. The highest BCUT2D eigenvalue weighted by Gasteiger charge is 2.14. The van der Waals surface area contributed by atoms with Crippen LogP contribution >= 0.6 is 0 Å². The molecule has 3 rings (SSSR count). The van der Waals surface area contributed by atoms with Crippen LogP contribution in [0.4, 0.5) is 0 Å². The molecule has 0 amide bonds. The van der Waals surface area contributed by atoms with Gasteiger partial charge in [0.05, 0.1) is 11.0 Å². The Morgan fingerprint density at radius 2 is 2.12 bits per heavy atom. The van der Waals surface area contributed by atoms with Gasteiger partial charge in [0.15, 0.2) is 0 Å². The highest BCUT2D eigenvalue weighted by atomic mass is 16.5. The van der Waals surface area contributed by atoms with Crippen molar-refractivity contribution in [2.24, 2.45) is 0 Å². The fourth-order valence-corrected chi connectivity index (χ4v) is 2.13. The lowest BCUT2D eigenvalue weighted by molar-refractivity contribution is 0.277. The van der Waals surface area contributed by atoms with E-state index in [2.05, 4.69) is 15.3 Å². The van der Waals surface area contributed by atoms with Crippen molar-refractivity contribution in [3.63, 3.8) is 0 Å². The molecule has 1 atom stereocenters. The number of hydrogen-bond donors (Lipinski definition) is 1. The van der Waals surface area contributed by atoms with Gasteiger partial charge in [-0.25, -0.2) is 0 Å². The largest absolute Gasteiger partial charge is 0.492 e. The molecule has 88 valence electrons. The maximum absolute atomic E-state index is 5.77.